The maximum absolute atomic E-state index is 11.6. The van der Waals surface area contributed by atoms with E-state index in [1.165, 1.54) is 11.3 Å². The minimum atomic E-state index is -0.346. The zero-order chi connectivity index (χ0) is 13.0. The zero-order valence-corrected chi connectivity index (χ0v) is 11.6. The van der Waals surface area contributed by atoms with Gasteiger partial charge in [-0.05, 0) is 18.6 Å². The van der Waals surface area contributed by atoms with Crippen molar-refractivity contribution in [2.45, 2.75) is 18.9 Å². The zero-order valence-electron chi connectivity index (χ0n) is 9.99. The third kappa shape index (κ3) is 3.95. The molecule has 0 bridgehead atoms. The van der Waals surface area contributed by atoms with Gasteiger partial charge in [-0.1, -0.05) is 11.6 Å². The Labute approximate surface area is 115 Å². The largest absolute Gasteiger partial charge is 0.391 e. The highest BCUT2D eigenvalue weighted by molar-refractivity contribution is 7.16. The summed E-state index contributed by atoms with van der Waals surface area (Å²) in [5.74, 6) is 0.156. The fraction of sp³-hybridized carbons (Fsp3) is 0.583. The summed E-state index contributed by atoms with van der Waals surface area (Å²) in [4.78, 5) is 12.8. The molecule has 4 nitrogen and oxygen atoms in total. The van der Waals surface area contributed by atoms with Crippen LogP contribution in [-0.4, -0.2) is 36.8 Å². The molecule has 1 aliphatic rings. The van der Waals surface area contributed by atoms with Gasteiger partial charge in [-0.3, -0.25) is 4.79 Å². The molecule has 100 valence electrons. The van der Waals surface area contributed by atoms with E-state index in [-0.39, 0.29) is 17.9 Å². The van der Waals surface area contributed by atoms with Crippen molar-refractivity contribution in [2.24, 2.45) is 5.92 Å². The second-order valence-electron chi connectivity index (χ2n) is 4.50. The summed E-state index contributed by atoms with van der Waals surface area (Å²) >= 11 is 7.33. The number of β-amino-alcohol motifs (C(OH)–C–C–N with tert-alkyl or cyclic N) is 1. The van der Waals surface area contributed by atoms with Crippen molar-refractivity contribution in [1.29, 1.82) is 0 Å². The number of aliphatic hydroxyl groups is 1. The summed E-state index contributed by atoms with van der Waals surface area (Å²) in [6, 6.07) is 3.80. The third-order valence-corrected chi connectivity index (χ3v) is 4.38. The number of nitrogens with one attached hydrogen (secondary N) is 2. The van der Waals surface area contributed by atoms with Crippen LogP contribution < -0.4 is 10.6 Å². The van der Waals surface area contributed by atoms with Crippen LogP contribution in [0.25, 0.3) is 0 Å². The molecule has 1 amide bonds. The average Bonchev–Trinajstić information content (AvgIpc) is 2.93. The van der Waals surface area contributed by atoms with Crippen LogP contribution in [0.4, 0.5) is 0 Å². The van der Waals surface area contributed by atoms with Gasteiger partial charge in [0.1, 0.15) is 0 Å². The lowest BCUT2D eigenvalue weighted by Crippen LogP contribution is -2.34. The van der Waals surface area contributed by atoms with Crippen LogP contribution >= 0.6 is 22.9 Å². The molecular formula is C12H17ClN2O2S. The first kappa shape index (κ1) is 13.8. The average molecular weight is 289 g/mol. The van der Waals surface area contributed by atoms with Gasteiger partial charge >= 0.3 is 0 Å². The Balaban J connectivity index is 1.66. The molecule has 1 aromatic heterocycles. The summed E-state index contributed by atoms with van der Waals surface area (Å²) in [5, 5.41) is 15.5. The Morgan fingerprint density at radius 1 is 1.56 bits per heavy atom. The molecule has 1 aromatic rings. The first-order valence-corrected chi connectivity index (χ1v) is 7.24. The van der Waals surface area contributed by atoms with Gasteiger partial charge in [-0.2, -0.15) is 0 Å². The molecule has 1 aliphatic heterocycles. The number of hydrogen-bond donors (Lipinski definition) is 3. The molecule has 6 heteroatoms. The SMILES string of the molecule is O=C(CCc1ccc(Cl)s1)NCC1CNCC1O. The van der Waals surface area contributed by atoms with Crippen LogP contribution in [0, 0.1) is 5.92 Å². The van der Waals surface area contributed by atoms with Crippen molar-refractivity contribution >= 4 is 28.8 Å². The van der Waals surface area contributed by atoms with Crippen LogP contribution in [0.5, 0.6) is 0 Å². The van der Waals surface area contributed by atoms with Gasteiger partial charge in [0.2, 0.25) is 5.91 Å². The van der Waals surface area contributed by atoms with Crippen LogP contribution in [0.3, 0.4) is 0 Å². The number of rotatable bonds is 5. The molecule has 2 rings (SSSR count). The molecule has 2 unspecified atom stereocenters. The molecular weight excluding hydrogens is 272 g/mol. The van der Waals surface area contributed by atoms with E-state index in [1.807, 2.05) is 12.1 Å². The molecule has 0 aromatic carbocycles. The van der Waals surface area contributed by atoms with Crippen LogP contribution in [0.2, 0.25) is 4.34 Å². The lowest BCUT2D eigenvalue weighted by molar-refractivity contribution is -0.121. The molecule has 1 fully saturated rings. The van der Waals surface area contributed by atoms with E-state index in [0.717, 1.165) is 15.8 Å². The molecule has 2 atom stereocenters. The quantitative estimate of drug-likeness (QED) is 0.758. The Morgan fingerprint density at radius 3 is 3.00 bits per heavy atom. The monoisotopic (exact) mass is 288 g/mol. The van der Waals surface area contributed by atoms with Crippen molar-refractivity contribution in [3.05, 3.63) is 21.3 Å². The van der Waals surface area contributed by atoms with E-state index < -0.39 is 0 Å². The molecule has 3 N–H and O–H groups in total. The van der Waals surface area contributed by atoms with E-state index in [9.17, 15) is 9.90 Å². The summed E-state index contributed by atoms with van der Waals surface area (Å²) < 4.78 is 0.755. The van der Waals surface area contributed by atoms with Crippen molar-refractivity contribution in [2.75, 3.05) is 19.6 Å². The number of halogens is 1. The van der Waals surface area contributed by atoms with Gasteiger partial charge in [0.15, 0.2) is 0 Å². The van der Waals surface area contributed by atoms with E-state index in [4.69, 9.17) is 11.6 Å². The van der Waals surface area contributed by atoms with Gasteiger partial charge in [-0.15, -0.1) is 11.3 Å². The lowest BCUT2D eigenvalue weighted by Gasteiger charge is -2.13. The molecule has 18 heavy (non-hydrogen) atoms. The normalized spacial score (nSPS) is 23.2. The number of aliphatic hydroxyl groups excluding tert-OH is 1. The lowest BCUT2D eigenvalue weighted by atomic mass is 10.1. The van der Waals surface area contributed by atoms with Gasteiger partial charge < -0.3 is 15.7 Å². The maximum Gasteiger partial charge on any atom is 0.220 e. The number of carbonyl (C=O) groups excluding carboxylic acids is 1. The number of hydrogen-bond acceptors (Lipinski definition) is 4. The topological polar surface area (TPSA) is 61.4 Å². The van der Waals surface area contributed by atoms with Gasteiger partial charge in [0, 0.05) is 36.9 Å². The Kier molecular flexibility index (Phi) is 5.00. The molecule has 0 aliphatic carbocycles. The number of thiophene rings is 1. The van der Waals surface area contributed by atoms with Crippen molar-refractivity contribution in [3.8, 4) is 0 Å². The fourth-order valence-electron chi connectivity index (χ4n) is 1.98. The van der Waals surface area contributed by atoms with E-state index >= 15 is 0 Å². The molecule has 1 saturated heterocycles. The molecule has 0 spiro atoms. The third-order valence-electron chi connectivity index (χ3n) is 3.09. The Hall–Kier alpha value is -0.620. The molecule has 0 saturated carbocycles. The standard InChI is InChI=1S/C12H17ClN2O2S/c13-11-3-1-9(18-11)2-4-12(17)15-6-8-5-14-7-10(8)16/h1,3,8,10,14,16H,2,4-7H2,(H,15,17). The second-order valence-corrected chi connectivity index (χ2v) is 6.30. The summed E-state index contributed by atoms with van der Waals surface area (Å²) in [7, 11) is 0. The number of aryl methyl sites for hydroxylation is 1. The van der Waals surface area contributed by atoms with Gasteiger partial charge in [-0.25, -0.2) is 0 Å². The minimum absolute atomic E-state index is 0.0265. The highest BCUT2D eigenvalue weighted by Crippen LogP contribution is 2.22. The highest BCUT2D eigenvalue weighted by atomic mass is 35.5. The molecule has 2 heterocycles. The van der Waals surface area contributed by atoms with E-state index in [2.05, 4.69) is 10.6 Å². The second kappa shape index (κ2) is 6.52. The van der Waals surface area contributed by atoms with Gasteiger partial charge in [0.05, 0.1) is 10.4 Å². The highest BCUT2D eigenvalue weighted by Gasteiger charge is 2.24. The van der Waals surface area contributed by atoms with E-state index in [0.29, 0.717) is 25.9 Å². The number of amides is 1. The van der Waals surface area contributed by atoms with Crippen LogP contribution in [-0.2, 0) is 11.2 Å². The van der Waals surface area contributed by atoms with Gasteiger partial charge in [0.25, 0.3) is 0 Å². The first-order valence-electron chi connectivity index (χ1n) is 6.05. The van der Waals surface area contributed by atoms with Crippen molar-refractivity contribution < 1.29 is 9.90 Å². The summed E-state index contributed by atoms with van der Waals surface area (Å²) in [5.41, 5.74) is 0. The fourth-order valence-corrected chi connectivity index (χ4v) is 3.07. The minimum Gasteiger partial charge on any atom is -0.391 e. The first-order chi connectivity index (χ1) is 8.65. The predicted molar refractivity (Wildman–Crippen MR) is 73.0 cm³/mol. The Bertz CT molecular complexity index is 411. The van der Waals surface area contributed by atoms with Crippen LogP contribution in [0.15, 0.2) is 12.1 Å². The van der Waals surface area contributed by atoms with E-state index in [1.54, 1.807) is 0 Å². The summed E-state index contributed by atoms with van der Waals surface area (Å²) in [6.07, 6.45) is 0.836. The predicted octanol–water partition coefficient (Wildman–Crippen LogP) is 1.03. The number of carbonyl (C=O) groups is 1. The smallest absolute Gasteiger partial charge is 0.220 e. The van der Waals surface area contributed by atoms with Crippen molar-refractivity contribution in [1.82, 2.24) is 10.6 Å². The Morgan fingerprint density at radius 2 is 2.39 bits per heavy atom. The molecule has 0 radical (unpaired) electrons. The maximum atomic E-state index is 11.6. The van der Waals surface area contributed by atoms with Crippen molar-refractivity contribution in [3.63, 3.8) is 0 Å². The van der Waals surface area contributed by atoms with Crippen LogP contribution in [0.1, 0.15) is 11.3 Å². The summed E-state index contributed by atoms with van der Waals surface area (Å²) in [6.45, 7) is 1.93.